The predicted octanol–water partition coefficient (Wildman–Crippen LogP) is 2.93. The van der Waals surface area contributed by atoms with Crippen molar-refractivity contribution in [2.24, 2.45) is 5.92 Å². The van der Waals surface area contributed by atoms with Crippen LogP contribution in [0, 0.1) is 5.92 Å². The molecular weight excluding hydrogens is 228 g/mol. The lowest BCUT2D eigenvalue weighted by Crippen LogP contribution is -2.23. The second-order valence-electron chi connectivity index (χ2n) is 4.57. The highest BCUT2D eigenvalue weighted by Crippen LogP contribution is 2.28. The molecule has 3 nitrogen and oxygen atoms in total. The normalized spacial score (nSPS) is 15.7. The number of benzene rings is 1. The van der Waals surface area contributed by atoms with Crippen LogP contribution < -0.4 is 0 Å². The lowest BCUT2D eigenvalue weighted by Gasteiger charge is -2.15. The largest absolute Gasteiger partial charge is 0.507 e. The maximum Gasteiger partial charge on any atom is 0.237 e. The number of fused-ring (bicyclic) bond motifs is 1. The fourth-order valence-corrected chi connectivity index (χ4v) is 1.83. The van der Waals surface area contributed by atoms with Crippen molar-refractivity contribution < 1.29 is 14.7 Å². The van der Waals surface area contributed by atoms with Crippen LogP contribution in [-0.4, -0.2) is 16.7 Å². The number of aliphatic hydroxyl groups excluding tert-OH is 1. The van der Waals surface area contributed by atoms with Gasteiger partial charge in [-0.1, -0.05) is 50.3 Å². The Balaban J connectivity index is 2.59. The first-order chi connectivity index (χ1) is 8.52. The van der Waals surface area contributed by atoms with E-state index >= 15 is 0 Å². The number of hydrogen-bond acceptors (Lipinski definition) is 3. The van der Waals surface area contributed by atoms with Gasteiger partial charge in [0.25, 0.3) is 0 Å². The summed E-state index contributed by atoms with van der Waals surface area (Å²) in [5.41, 5.74) is 0.764. The third kappa shape index (κ3) is 1.99. The van der Waals surface area contributed by atoms with E-state index in [0.717, 1.165) is 0 Å². The van der Waals surface area contributed by atoms with E-state index in [9.17, 15) is 14.7 Å². The Hall–Kier alpha value is -2.16. The molecule has 0 fully saturated rings. The minimum absolute atomic E-state index is 0.0763. The van der Waals surface area contributed by atoms with Gasteiger partial charge in [-0.05, 0) is 5.92 Å². The molecule has 18 heavy (non-hydrogen) atoms. The molecule has 0 radical (unpaired) electrons. The molecule has 1 aromatic carbocycles. The van der Waals surface area contributed by atoms with Crippen molar-refractivity contribution in [2.45, 2.75) is 13.8 Å². The van der Waals surface area contributed by atoms with Gasteiger partial charge in [0.05, 0.1) is 5.57 Å². The summed E-state index contributed by atoms with van der Waals surface area (Å²) in [6.07, 6.45) is 3.31. The zero-order valence-corrected chi connectivity index (χ0v) is 10.3. The van der Waals surface area contributed by atoms with Crippen LogP contribution in [0.2, 0.25) is 0 Å². The highest BCUT2D eigenvalue weighted by molar-refractivity contribution is 6.52. The molecular formula is C15H14O3. The smallest absolute Gasteiger partial charge is 0.237 e. The average Bonchev–Trinajstić information content (AvgIpc) is 2.36. The first kappa shape index (κ1) is 12.3. The number of ketones is 2. The second kappa shape index (κ2) is 4.61. The second-order valence-corrected chi connectivity index (χ2v) is 4.57. The zero-order valence-electron chi connectivity index (χ0n) is 10.3. The van der Waals surface area contributed by atoms with Crippen LogP contribution >= 0.6 is 0 Å². The molecule has 92 valence electrons. The summed E-state index contributed by atoms with van der Waals surface area (Å²) in [5.74, 6) is -1.09. The summed E-state index contributed by atoms with van der Waals surface area (Å²) in [6.45, 7) is 3.91. The molecule has 0 heterocycles. The van der Waals surface area contributed by atoms with E-state index in [2.05, 4.69) is 0 Å². The molecule has 0 saturated carbocycles. The van der Waals surface area contributed by atoms with Crippen molar-refractivity contribution >= 4 is 17.3 Å². The van der Waals surface area contributed by atoms with E-state index in [4.69, 9.17) is 0 Å². The van der Waals surface area contributed by atoms with E-state index in [1.54, 1.807) is 30.3 Å². The summed E-state index contributed by atoms with van der Waals surface area (Å²) in [5, 5.41) is 10.1. The van der Waals surface area contributed by atoms with Crippen LogP contribution in [-0.2, 0) is 4.79 Å². The van der Waals surface area contributed by atoms with Gasteiger partial charge in [-0.15, -0.1) is 0 Å². The molecule has 3 heteroatoms. The molecule has 0 aromatic heterocycles. The quantitative estimate of drug-likeness (QED) is 0.811. The molecule has 1 aliphatic rings. The number of allylic oxidation sites excluding steroid dienone is 3. The molecule has 0 saturated heterocycles. The molecule has 1 N–H and O–H groups in total. The van der Waals surface area contributed by atoms with Gasteiger partial charge in [-0.3, -0.25) is 9.59 Å². The van der Waals surface area contributed by atoms with Gasteiger partial charge >= 0.3 is 0 Å². The topological polar surface area (TPSA) is 54.4 Å². The third-order valence-electron chi connectivity index (χ3n) is 2.78. The van der Waals surface area contributed by atoms with Crippen molar-refractivity contribution in [1.29, 1.82) is 0 Å². The fraction of sp³-hybridized carbons (Fsp3) is 0.200. The monoisotopic (exact) mass is 242 g/mol. The summed E-state index contributed by atoms with van der Waals surface area (Å²) >= 11 is 0. The number of rotatable bonds is 2. The van der Waals surface area contributed by atoms with Crippen LogP contribution in [0.4, 0.5) is 0 Å². The third-order valence-corrected chi connectivity index (χ3v) is 2.78. The van der Waals surface area contributed by atoms with E-state index in [-0.39, 0.29) is 22.8 Å². The van der Waals surface area contributed by atoms with Gasteiger partial charge < -0.3 is 5.11 Å². The Morgan fingerprint density at radius 2 is 1.67 bits per heavy atom. The highest BCUT2D eigenvalue weighted by Gasteiger charge is 2.30. The average molecular weight is 242 g/mol. The molecule has 0 unspecified atom stereocenters. The highest BCUT2D eigenvalue weighted by atomic mass is 16.3. The number of hydrogen-bond donors (Lipinski definition) is 1. The Bertz CT molecular complexity index is 577. The van der Waals surface area contributed by atoms with Crippen molar-refractivity contribution in [3.8, 4) is 0 Å². The number of carbonyl (C=O) groups is 2. The Kier molecular flexibility index (Phi) is 3.15. The Labute approximate surface area is 105 Å². The van der Waals surface area contributed by atoms with Crippen LogP contribution in [0.3, 0.4) is 0 Å². The van der Waals surface area contributed by atoms with Gasteiger partial charge in [0.2, 0.25) is 11.6 Å². The predicted molar refractivity (Wildman–Crippen MR) is 69.3 cm³/mol. The van der Waals surface area contributed by atoms with Crippen molar-refractivity contribution in [3.05, 3.63) is 53.1 Å². The molecule has 0 amide bonds. The van der Waals surface area contributed by atoms with Crippen LogP contribution in [0.5, 0.6) is 0 Å². The van der Waals surface area contributed by atoms with Gasteiger partial charge in [-0.25, -0.2) is 0 Å². The minimum Gasteiger partial charge on any atom is -0.507 e. The fourth-order valence-electron chi connectivity index (χ4n) is 1.83. The molecule has 1 aliphatic carbocycles. The zero-order chi connectivity index (χ0) is 13.3. The SMILES string of the molecule is CC(C)/C=C\C1=C(O)c2ccccc2C(=O)C1=O. The van der Waals surface area contributed by atoms with Crippen molar-refractivity contribution in [3.63, 3.8) is 0 Å². The molecule has 2 rings (SSSR count). The minimum atomic E-state index is -0.650. The Morgan fingerprint density at radius 1 is 1.06 bits per heavy atom. The number of carbonyl (C=O) groups excluding carboxylic acids is 2. The van der Waals surface area contributed by atoms with Crippen LogP contribution in [0.1, 0.15) is 29.8 Å². The maximum absolute atomic E-state index is 11.9. The van der Waals surface area contributed by atoms with E-state index in [1.807, 2.05) is 13.8 Å². The van der Waals surface area contributed by atoms with Gasteiger partial charge in [0.1, 0.15) is 5.76 Å². The lowest BCUT2D eigenvalue weighted by atomic mass is 9.88. The molecule has 0 bridgehead atoms. The summed E-state index contributed by atoms with van der Waals surface area (Å²) in [4.78, 5) is 23.8. The van der Waals surface area contributed by atoms with Gasteiger partial charge in [-0.2, -0.15) is 0 Å². The maximum atomic E-state index is 11.9. The molecule has 0 spiro atoms. The standard InChI is InChI=1S/C15H14O3/c1-9(2)7-8-12-13(16)10-5-3-4-6-11(10)14(17)15(12)18/h3-9,16H,1-2H3/b8-7-. The Morgan fingerprint density at radius 3 is 2.28 bits per heavy atom. The van der Waals surface area contributed by atoms with Crippen LogP contribution in [0.15, 0.2) is 42.0 Å². The van der Waals surface area contributed by atoms with Gasteiger partial charge in [0, 0.05) is 11.1 Å². The lowest BCUT2D eigenvalue weighted by molar-refractivity contribution is -0.111. The van der Waals surface area contributed by atoms with Crippen molar-refractivity contribution in [2.75, 3.05) is 0 Å². The van der Waals surface area contributed by atoms with E-state index < -0.39 is 11.6 Å². The van der Waals surface area contributed by atoms with E-state index in [1.165, 1.54) is 6.08 Å². The first-order valence-corrected chi connectivity index (χ1v) is 5.82. The van der Waals surface area contributed by atoms with Crippen molar-refractivity contribution in [1.82, 2.24) is 0 Å². The summed E-state index contributed by atoms with van der Waals surface area (Å²) < 4.78 is 0. The summed E-state index contributed by atoms with van der Waals surface area (Å²) in [7, 11) is 0. The number of Topliss-reactive ketones (excluding diaryl/α,β-unsaturated/α-hetero) is 2. The van der Waals surface area contributed by atoms with Gasteiger partial charge in [0.15, 0.2) is 0 Å². The summed E-state index contributed by atoms with van der Waals surface area (Å²) in [6, 6.07) is 6.58. The first-order valence-electron chi connectivity index (χ1n) is 5.82. The molecule has 1 aromatic rings. The molecule has 0 aliphatic heterocycles. The molecule has 0 atom stereocenters. The van der Waals surface area contributed by atoms with Crippen LogP contribution in [0.25, 0.3) is 5.76 Å². The number of aliphatic hydroxyl groups is 1. The van der Waals surface area contributed by atoms with E-state index in [0.29, 0.717) is 5.56 Å².